The normalized spacial score (nSPS) is 14.3. The first-order valence-corrected chi connectivity index (χ1v) is 6.80. The Morgan fingerprint density at radius 3 is 2.63 bits per heavy atom. The standard InChI is InChI=1S/C14H18ClN3O/c1-3-9(2)13(16)14-17-12(18-19-14)8-10-4-6-11(15)7-5-10/h4-7,9,13H,3,8,16H2,1-2H3. The predicted molar refractivity (Wildman–Crippen MR) is 74.9 cm³/mol. The molecule has 0 amide bonds. The minimum atomic E-state index is -0.198. The molecule has 19 heavy (non-hydrogen) atoms. The summed E-state index contributed by atoms with van der Waals surface area (Å²) in [5, 5.41) is 4.69. The molecule has 5 heteroatoms. The lowest BCUT2D eigenvalue weighted by molar-refractivity contribution is 0.310. The molecule has 2 unspecified atom stereocenters. The number of rotatable bonds is 5. The molecule has 4 nitrogen and oxygen atoms in total. The van der Waals surface area contributed by atoms with Crippen molar-refractivity contribution in [1.29, 1.82) is 0 Å². The Kier molecular flexibility index (Phi) is 4.56. The van der Waals surface area contributed by atoms with Crippen molar-refractivity contribution in [3.63, 3.8) is 0 Å². The van der Waals surface area contributed by atoms with Crippen LogP contribution in [0.25, 0.3) is 0 Å². The van der Waals surface area contributed by atoms with Crippen LogP contribution in [0.15, 0.2) is 28.8 Å². The van der Waals surface area contributed by atoms with Crippen molar-refractivity contribution in [2.24, 2.45) is 11.7 Å². The van der Waals surface area contributed by atoms with Gasteiger partial charge in [-0.3, -0.25) is 0 Å². The zero-order valence-electron chi connectivity index (χ0n) is 11.1. The number of benzene rings is 1. The molecule has 0 radical (unpaired) electrons. The molecule has 0 aliphatic rings. The summed E-state index contributed by atoms with van der Waals surface area (Å²) < 4.78 is 5.23. The maximum Gasteiger partial charge on any atom is 0.243 e. The first-order valence-electron chi connectivity index (χ1n) is 6.42. The molecule has 0 aliphatic carbocycles. The lowest BCUT2D eigenvalue weighted by Crippen LogP contribution is -2.18. The summed E-state index contributed by atoms with van der Waals surface area (Å²) in [5.74, 6) is 1.48. The molecule has 1 aromatic heterocycles. The summed E-state index contributed by atoms with van der Waals surface area (Å²) in [4.78, 5) is 4.36. The third-order valence-corrected chi connectivity index (χ3v) is 3.55. The fourth-order valence-electron chi connectivity index (χ4n) is 1.76. The van der Waals surface area contributed by atoms with Crippen LogP contribution in [0.2, 0.25) is 5.02 Å². The molecule has 1 aromatic carbocycles. The van der Waals surface area contributed by atoms with Gasteiger partial charge in [-0.15, -0.1) is 0 Å². The van der Waals surface area contributed by atoms with Gasteiger partial charge in [0.2, 0.25) is 5.89 Å². The Balaban J connectivity index is 2.07. The molecule has 2 N–H and O–H groups in total. The maximum absolute atomic E-state index is 6.06. The van der Waals surface area contributed by atoms with E-state index in [1.807, 2.05) is 24.3 Å². The van der Waals surface area contributed by atoms with Gasteiger partial charge in [0.1, 0.15) is 0 Å². The molecule has 0 aliphatic heterocycles. The van der Waals surface area contributed by atoms with Crippen LogP contribution >= 0.6 is 11.6 Å². The van der Waals surface area contributed by atoms with Crippen molar-refractivity contribution in [3.05, 3.63) is 46.6 Å². The van der Waals surface area contributed by atoms with Crippen LogP contribution in [0.4, 0.5) is 0 Å². The molecule has 0 spiro atoms. The topological polar surface area (TPSA) is 64.9 Å². The average molecular weight is 280 g/mol. The van der Waals surface area contributed by atoms with Crippen LogP contribution in [-0.4, -0.2) is 10.1 Å². The predicted octanol–water partition coefficient (Wildman–Crippen LogP) is 3.36. The number of nitrogens with two attached hydrogens (primary N) is 1. The highest BCUT2D eigenvalue weighted by Crippen LogP contribution is 2.20. The van der Waals surface area contributed by atoms with E-state index >= 15 is 0 Å². The monoisotopic (exact) mass is 279 g/mol. The summed E-state index contributed by atoms with van der Waals surface area (Å²) in [6, 6.07) is 7.40. The van der Waals surface area contributed by atoms with Crippen molar-refractivity contribution in [1.82, 2.24) is 10.1 Å². The SMILES string of the molecule is CCC(C)C(N)c1nc(Cc2ccc(Cl)cc2)no1. The van der Waals surface area contributed by atoms with Crippen molar-refractivity contribution < 1.29 is 4.52 Å². The minimum absolute atomic E-state index is 0.198. The van der Waals surface area contributed by atoms with E-state index in [4.69, 9.17) is 21.9 Å². The van der Waals surface area contributed by atoms with Gasteiger partial charge in [0, 0.05) is 11.4 Å². The molecular formula is C14H18ClN3O. The van der Waals surface area contributed by atoms with Crippen LogP contribution in [0, 0.1) is 5.92 Å². The van der Waals surface area contributed by atoms with E-state index in [0.717, 1.165) is 17.0 Å². The fraction of sp³-hybridized carbons (Fsp3) is 0.429. The summed E-state index contributed by atoms with van der Waals surface area (Å²) in [5.41, 5.74) is 7.15. The van der Waals surface area contributed by atoms with E-state index in [0.29, 0.717) is 24.1 Å². The number of nitrogens with zero attached hydrogens (tertiary/aromatic N) is 2. The molecule has 0 saturated heterocycles. The Labute approximate surface area is 118 Å². The molecule has 2 rings (SSSR count). The van der Waals surface area contributed by atoms with E-state index in [-0.39, 0.29) is 6.04 Å². The Morgan fingerprint density at radius 2 is 2.00 bits per heavy atom. The van der Waals surface area contributed by atoms with Crippen LogP contribution < -0.4 is 5.73 Å². The van der Waals surface area contributed by atoms with Gasteiger partial charge in [-0.25, -0.2) is 0 Å². The van der Waals surface area contributed by atoms with Crippen molar-refractivity contribution in [2.45, 2.75) is 32.7 Å². The summed E-state index contributed by atoms with van der Waals surface area (Å²) in [6.07, 6.45) is 1.60. The molecule has 0 fully saturated rings. The highest BCUT2D eigenvalue weighted by atomic mass is 35.5. The lowest BCUT2D eigenvalue weighted by atomic mass is 10.0. The van der Waals surface area contributed by atoms with Gasteiger partial charge < -0.3 is 10.3 Å². The van der Waals surface area contributed by atoms with Gasteiger partial charge in [0.05, 0.1) is 6.04 Å². The van der Waals surface area contributed by atoms with E-state index < -0.39 is 0 Å². The largest absolute Gasteiger partial charge is 0.338 e. The Morgan fingerprint density at radius 1 is 1.32 bits per heavy atom. The van der Waals surface area contributed by atoms with Crippen molar-refractivity contribution in [2.75, 3.05) is 0 Å². The molecule has 0 bridgehead atoms. The number of aromatic nitrogens is 2. The summed E-state index contributed by atoms with van der Waals surface area (Å²) in [7, 11) is 0. The van der Waals surface area contributed by atoms with Gasteiger partial charge in [-0.1, -0.05) is 49.2 Å². The molecule has 102 valence electrons. The third-order valence-electron chi connectivity index (χ3n) is 3.30. The minimum Gasteiger partial charge on any atom is -0.338 e. The average Bonchev–Trinajstić information content (AvgIpc) is 2.88. The molecular weight excluding hydrogens is 262 g/mol. The summed E-state index contributed by atoms with van der Waals surface area (Å²) in [6.45, 7) is 4.17. The second kappa shape index (κ2) is 6.17. The zero-order valence-corrected chi connectivity index (χ0v) is 11.9. The van der Waals surface area contributed by atoms with Gasteiger partial charge in [-0.2, -0.15) is 4.98 Å². The third kappa shape index (κ3) is 3.55. The molecule has 0 saturated carbocycles. The first kappa shape index (κ1) is 14.0. The smallest absolute Gasteiger partial charge is 0.243 e. The quantitative estimate of drug-likeness (QED) is 0.911. The zero-order chi connectivity index (χ0) is 13.8. The fourth-order valence-corrected chi connectivity index (χ4v) is 1.88. The van der Waals surface area contributed by atoms with Crippen LogP contribution in [0.3, 0.4) is 0 Å². The maximum atomic E-state index is 6.06. The van der Waals surface area contributed by atoms with Gasteiger partial charge in [-0.05, 0) is 23.6 Å². The van der Waals surface area contributed by atoms with Crippen LogP contribution in [0.1, 0.15) is 43.6 Å². The van der Waals surface area contributed by atoms with Gasteiger partial charge >= 0.3 is 0 Å². The molecule has 1 heterocycles. The Bertz CT molecular complexity index is 524. The lowest BCUT2D eigenvalue weighted by Gasteiger charge is -2.12. The van der Waals surface area contributed by atoms with Gasteiger partial charge in [0.15, 0.2) is 5.82 Å². The molecule has 2 atom stereocenters. The van der Waals surface area contributed by atoms with Crippen molar-refractivity contribution in [3.8, 4) is 0 Å². The molecule has 2 aromatic rings. The van der Waals surface area contributed by atoms with Crippen LogP contribution in [0.5, 0.6) is 0 Å². The van der Waals surface area contributed by atoms with E-state index in [1.54, 1.807) is 0 Å². The number of hydrogen-bond acceptors (Lipinski definition) is 4. The number of halogens is 1. The van der Waals surface area contributed by atoms with Crippen molar-refractivity contribution >= 4 is 11.6 Å². The van der Waals surface area contributed by atoms with Crippen LogP contribution in [-0.2, 0) is 6.42 Å². The second-order valence-corrected chi connectivity index (χ2v) is 5.20. The first-order chi connectivity index (χ1) is 9.10. The van der Waals surface area contributed by atoms with E-state index in [9.17, 15) is 0 Å². The van der Waals surface area contributed by atoms with E-state index in [2.05, 4.69) is 24.0 Å². The van der Waals surface area contributed by atoms with E-state index in [1.165, 1.54) is 0 Å². The highest BCUT2D eigenvalue weighted by Gasteiger charge is 2.19. The van der Waals surface area contributed by atoms with Gasteiger partial charge in [0.25, 0.3) is 0 Å². The summed E-state index contributed by atoms with van der Waals surface area (Å²) >= 11 is 5.84. The highest BCUT2D eigenvalue weighted by molar-refractivity contribution is 6.30. The Hall–Kier alpha value is -1.39. The second-order valence-electron chi connectivity index (χ2n) is 4.76. The number of hydrogen-bond donors (Lipinski definition) is 1.